The van der Waals surface area contributed by atoms with Crippen molar-refractivity contribution in [1.29, 1.82) is 0 Å². The molecule has 6 nitrogen and oxygen atoms in total. The summed E-state index contributed by atoms with van der Waals surface area (Å²) in [7, 11) is 4.40. The Hall–Kier alpha value is -0.850. The third-order valence-corrected chi connectivity index (χ3v) is 5.62. The number of hydrogen-bond donors (Lipinski definition) is 1. The maximum Gasteiger partial charge on any atom is 0.193 e. The predicted molar refractivity (Wildman–Crippen MR) is 110 cm³/mol. The first-order valence-electron chi connectivity index (χ1n) is 10.7. The lowest BCUT2D eigenvalue weighted by atomic mass is 9.96. The van der Waals surface area contributed by atoms with Crippen LogP contribution in [0.15, 0.2) is 4.99 Å². The van der Waals surface area contributed by atoms with Gasteiger partial charge >= 0.3 is 0 Å². The molecule has 2 aliphatic heterocycles. The summed E-state index contributed by atoms with van der Waals surface area (Å²) in [5.41, 5.74) is 0. The van der Waals surface area contributed by atoms with Crippen LogP contribution in [-0.2, 0) is 4.74 Å². The van der Waals surface area contributed by atoms with Crippen molar-refractivity contribution < 1.29 is 4.74 Å². The highest BCUT2D eigenvalue weighted by Crippen LogP contribution is 2.18. The summed E-state index contributed by atoms with van der Waals surface area (Å²) in [6.07, 6.45) is 6.11. The molecule has 2 saturated heterocycles. The van der Waals surface area contributed by atoms with E-state index in [9.17, 15) is 0 Å². The fourth-order valence-corrected chi connectivity index (χ4v) is 3.79. The van der Waals surface area contributed by atoms with Gasteiger partial charge in [-0.15, -0.1) is 0 Å². The number of hydrogen-bond acceptors (Lipinski definition) is 4. The molecule has 0 bridgehead atoms. The van der Waals surface area contributed by atoms with E-state index < -0.39 is 0 Å². The van der Waals surface area contributed by atoms with E-state index >= 15 is 0 Å². The normalized spacial score (nSPS) is 21.6. The zero-order valence-corrected chi connectivity index (χ0v) is 17.4. The molecule has 0 radical (unpaired) electrons. The molecule has 0 aromatic rings. The van der Waals surface area contributed by atoms with Gasteiger partial charge in [-0.2, -0.15) is 0 Å². The minimum atomic E-state index is 0.815. The van der Waals surface area contributed by atoms with Crippen LogP contribution in [0.25, 0.3) is 0 Å². The molecule has 26 heavy (non-hydrogen) atoms. The Balaban J connectivity index is 1.68. The molecular formula is C20H41N5O. The van der Waals surface area contributed by atoms with E-state index in [1.807, 2.05) is 0 Å². The molecule has 0 amide bonds. The standard InChI is InChI=1S/C20H41N5O/c1-4-21-20(24(3)14-7-19-8-17-26-18-9-19)22-10-5-12-25-13-6-11-23(2)15-16-25/h19H,4-18H2,1-3H3,(H,21,22). The zero-order chi connectivity index (χ0) is 18.6. The van der Waals surface area contributed by atoms with Gasteiger partial charge in [0.05, 0.1) is 0 Å². The van der Waals surface area contributed by atoms with Gasteiger partial charge in [0.25, 0.3) is 0 Å². The SMILES string of the molecule is CCNC(=NCCCN1CCCN(C)CC1)N(C)CCC1CCOCC1. The summed E-state index contributed by atoms with van der Waals surface area (Å²) in [6.45, 7) is 13.0. The third-order valence-electron chi connectivity index (χ3n) is 5.62. The Bertz CT molecular complexity index is 398. The van der Waals surface area contributed by atoms with Crippen LogP contribution in [0.5, 0.6) is 0 Å². The first-order valence-corrected chi connectivity index (χ1v) is 10.7. The molecule has 0 spiro atoms. The molecule has 2 aliphatic rings. The molecule has 0 aromatic heterocycles. The number of guanidine groups is 1. The molecule has 2 rings (SSSR count). The zero-order valence-electron chi connectivity index (χ0n) is 17.4. The smallest absolute Gasteiger partial charge is 0.193 e. The van der Waals surface area contributed by atoms with Gasteiger partial charge in [0.15, 0.2) is 5.96 Å². The molecule has 0 aliphatic carbocycles. The monoisotopic (exact) mass is 367 g/mol. The van der Waals surface area contributed by atoms with Crippen molar-refractivity contribution in [2.45, 2.75) is 39.0 Å². The molecule has 2 fully saturated rings. The molecule has 1 N–H and O–H groups in total. The topological polar surface area (TPSA) is 43.3 Å². The molecule has 0 unspecified atom stereocenters. The van der Waals surface area contributed by atoms with Crippen LogP contribution >= 0.6 is 0 Å². The van der Waals surface area contributed by atoms with Crippen LogP contribution in [0, 0.1) is 5.92 Å². The van der Waals surface area contributed by atoms with Gasteiger partial charge in [0, 0.05) is 53.0 Å². The lowest BCUT2D eigenvalue weighted by molar-refractivity contribution is 0.0625. The largest absolute Gasteiger partial charge is 0.381 e. The van der Waals surface area contributed by atoms with Gasteiger partial charge in [0.1, 0.15) is 0 Å². The first-order chi connectivity index (χ1) is 12.7. The van der Waals surface area contributed by atoms with E-state index in [-0.39, 0.29) is 0 Å². The third kappa shape index (κ3) is 8.23. The van der Waals surface area contributed by atoms with Crippen LogP contribution in [-0.4, -0.2) is 100 Å². The van der Waals surface area contributed by atoms with E-state index in [0.717, 1.165) is 51.1 Å². The van der Waals surface area contributed by atoms with Crippen molar-refractivity contribution >= 4 is 5.96 Å². The van der Waals surface area contributed by atoms with Gasteiger partial charge in [-0.05, 0) is 71.6 Å². The Morgan fingerprint density at radius 1 is 1.19 bits per heavy atom. The molecule has 0 saturated carbocycles. The van der Waals surface area contributed by atoms with Crippen LogP contribution in [0.2, 0.25) is 0 Å². The van der Waals surface area contributed by atoms with Crippen molar-refractivity contribution in [1.82, 2.24) is 20.0 Å². The van der Waals surface area contributed by atoms with E-state index in [2.05, 4.69) is 41.0 Å². The molecule has 152 valence electrons. The number of ether oxygens (including phenoxy) is 1. The van der Waals surface area contributed by atoms with E-state index in [0.29, 0.717) is 0 Å². The van der Waals surface area contributed by atoms with Crippen LogP contribution in [0.3, 0.4) is 0 Å². The Morgan fingerprint density at radius 2 is 2.00 bits per heavy atom. The molecule has 6 heteroatoms. The van der Waals surface area contributed by atoms with Gasteiger partial charge in [0.2, 0.25) is 0 Å². The molecular weight excluding hydrogens is 326 g/mol. The minimum absolute atomic E-state index is 0.815. The van der Waals surface area contributed by atoms with Crippen LogP contribution in [0.4, 0.5) is 0 Å². The summed E-state index contributed by atoms with van der Waals surface area (Å²) in [6, 6.07) is 0. The Labute approximate surface area is 160 Å². The van der Waals surface area contributed by atoms with Gasteiger partial charge in [-0.3, -0.25) is 4.99 Å². The van der Waals surface area contributed by atoms with Crippen molar-refractivity contribution in [2.24, 2.45) is 10.9 Å². The highest BCUT2D eigenvalue weighted by atomic mass is 16.5. The quantitative estimate of drug-likeness (QED) is 0.402. The van der Waals surface area contributed by atoms with Crippen LogP contribution in [0.1, 0.15) is 39.0 Å². The average Bonchev–Trinajstić information content (AvgIpc) is 2.87. The van der Waals surface area contributed by atoms with Gasteiger partial charge in [-0.25, -0.2) is 0 Å². The lowest BCUT2D eigenvalue weighted by Gasteiger charge is -2.27. The van der Waals surface area contributed by atoms with Gasteiger partial charge in [-0.1, -0.05) is 0 Å². The number of nitrogens with one attached hydrogen (secondary N) is 1. The predicted octanol–water partition coefficient (Wildman–Crippen LogP) is 1.73. The number of likely N-dealkylation sites (N-methyl/N-ethyl adjacent to an activating group) is 1. The van der Waals surface area contributed by atoms with E-state index in [1.165, 1.54) is 58.4 Å². The molecule has 2 heterocycles. The second-order valence-corrected chi connectivity index (χ2v) is 7.85. The second kappa shape index (κ2) is 12.5. The highest BCUT2D eigenvalue weighted by molar-refractivity contribution is 5.79. The maximum absolute atomic E-state index is 5.47. The van der Waals surface area contributed by atoms with Crippen molar-refractivity contribution in [3.05, 3.63) is 0 Å². The second-order valence-electron chi connectivity index (χ2n) is 7.85. The Morgan fingerprint density at radius 3 is 2.77 bits per heavy atom. The molecule has 0 aromatic carbocycles. The number of aliphatic imine (C=N–C) groups is 1. The van der Waals surface area contributed by atoms with Crippen molar-refractivity contribution in [3.63, 3.8) is 0 Å². The number of rotatable bonds is 8. The van der Waals surface area contributed by atoms with Crippen LogP contribution < -0.4 is 5.32 Å². The average molecular weight is 368 g/mol. The minimum Gasteiger partial charge on any atom is -0.381 e. The summed E-state index contributed by atoms with van der Waals surface area (Å²) < 4.78 is 5.47. The fraction of sp³-hybridized carbons (Fsp3) is 0.950. The summed E-state index contributed by atoms with van der Waals surface area (Å²) in [5.74, 6) is 1.88. The summed E-state index contributed by atoms with van der Waals surface area (Å²) >= 11 is 0. The van der Waals surface area contributed by atoms with E-state index in [1.54, 1.807) is 0 Å². The highest BCUT2D eigenvalue weighted by Gasteiger charge is 2.15. The Kier molecular flexibility index (Phi) is 10.3. The summed E-state index contributed by atoms with van der Waals surface area (Å²) in [5, 5.41) is 3.46. The van der Waals surface area contributed by atoms with Crippen molar-refractivity contribution in [2.75, 3.05) is 79.7 Å². The fourth-order valence-electron chi connectivity index (χ4n) is 3.79. The summed E-state index contributed by atoms with van der Waals surface area (Å²) in [4.78, 5) is 12.2. The lowest BCUT2D eigenvalue weighted by Crippen LogP contribution is -2.40. The van der Waals surface area contributed by atoms with E-state index in [4.69, 9.17) is 9.73 Å². The molecule has 0 atom stereocenters. The van der Waals surface area contributed by atoms with Gasteiger partial charge < -0.3 is 24.8 Å². The maximum atomic E-state index is 5.47. The van der Waals surface area contributed by atoms with Crippen molar-refractivity contribution in [3.8, 4) is 0 Å². The number of nitrogens with zero attached hydrogens (tertiary/aromatic N) is 4. The first kappa shape index (κ1) is 21.5.